The Labute approximate surface area is 100 Å². The van der Waals surface area contributed by atoms with Crippen LogP contribution in [0.5, 0.6) is 0 Å². The molecule has 1 aliphatic rings. The number of carbonyl (C=O) groups excluding carboxylic acids is 1. The van der Waals surface area contributed by atoms with Gasteiger partial charge in [-0.1, -0.05) is 15.9 Å². The SMILES string of the molecule is CC(C)(C)OC(=O)N(CCBr)C1CCC1. The molecule has 0 aromatic carbocycles. The van der Waals surface area contributed by atoms with Crippen molar-refractivity contribution < 1.29 is 9.53 Å². The molecular formula is C11H20BrNO2. The summed E-state index contributed by atoms with van der Waals surface area (Å²) in [4.78, 5) is 13.7. The molecule has 0 radical (unpaired) electrons. The monoisotopic (exact) mass is 277 g/mol. The first-order valence-electron chi connectivity index (χ1n) is 5.49. The third-order valence-electron chi connectivity index (χ3n) is 2.47. The molecule has 0 saturated heterocycles. The van der Waals surface area contributed by atoms with Gasteiger partial charge in [-0.3, -0.25) is 0 Å². The molecule has 0 aromatic heterocycles. The first kappa shape index (κ1) is 12.8. The highest BCUT2D eigenvalue weighted by Crippen LogP contribution is 2.26. The lowest BCUT2D eigenvalue weighted by molar-refractivity contribution is 0.00901. The highest BCUT2D eigenvalue weighted by Gasteiger charge is 2.31. The lowest BCUT2D eigenvalue weighted by Crippen LogP contribution is -2.47. The smallest absolute Gasteiger partial charge is 0.410 e. The zero-order chi connectivity index (χ0) is 11.5. The second-order valence-electron chi connectivity index (χ2n) is 4.95. The largest absolute Gasteiger partial charge is 0.444 e. The number of amides is 1. The average Bonchev–Trinajstić information content (AvgIpc) is 1.96. The Morgan fingerprint density at radius 3 is 2.40 bits per heavy atom. The van der Waals surface area contributed by atoms with Crippen molar-refractivity contribution in [1.29, 1.82) is 0 Å². The molecule has 0 bridgehead atoms. The third-order valence-corrected chi connectivity index (χ3v) is 2.82. The minimum Gasteiger partial charge on any atom is -0.444 e. The summed E-state index contributed by atoms with van der Waals surface area (Å²) < 4.78 is 5.38. The molecule has 1 saturated carbocycles. The van der Waals surface area contributed by atoms with Crippen LogP contribution in [0.2, 0.25) is 0 Å². The molecule has 1 fully saturated rings. The standard InChI is InChI=1S/C11H20BrNO2/c1-11(2,3)15-10(14)13(8-7-12)9-5-4-6-9/h9H,4-8H2,1-3H3. The van der Waals surface area contributed by atoms with Gasteiger partial charge >= 0.3 is 6.09 Å². The maximum Gasteiger partial charge on any atom is 0.410 e. The number of rotatable bonds is 3. The van der Waals surface area contributed by atoms with Gasteiger partial charge in [0.25, 0.3) is 0 Å². The van der Waals surface area contributed by atoms with E-state index < -0.39 is 5.60 Å². The second-order valence-corrected chi connectivity index (χ2v) is 5.74. The fourth-order valence-corrected chi connectivity index (χ4v) is 1.91. The van der Waals surface area contributed by atoms with Gasteiger partial charge < -0.3 is 9.64 Å². The molecule has 0 unspecified atom stereocenters. The van der Waals surface area contributed by atoms with E-state index in [1.54, 1.807) is 0 Å². The van der Waals surface area contributed by atoms with Crippen LogP contribution in [0.4, 0.5) is 4.79 Å². The number of alkyl halides is 1. The van der Waals surface area contributed by atoms with Crippen LogP contribution in [0.3, 0.4) is 0 Å². The Morgan fingerprint density at radius 1 is 1.47 bits per heavy atom. The lowest BCUT2D eigenvalue weighted by Gasteiger charge is -2.38. The molecule has 1 aliphatic carbocycles. The van der Waals surface area contributed by atoms with E-state index in [-0.39, 0.29) is 6.09 Å². The van der Waals surface area contributed by atoms with Gasteiger partial charge in [-0.05, 0) is 40.0 Å². The van der Waals surface area contributed by atoms with Crippen molar-refractivity contribution in [3.05, 3.63) is 0 Å². The van der Waals surface area contributed by atoms with Gasteiger partial charge in [-0.25, -0.2) is 4.79 Å². The Morgan fingerprint density at radius 2 is 2.07 bits per heavy atom. The highest BCUT2D eigenvalue weighted by atomic mass is 79.9. The van der Waals surface area contributed by atoms with Crippen LogP contribution in [0, 0.1) is 0 Å². The Kier molecular flexibility index (Phi) is 4.44. The molecule has 3 nitrogen and oxygen atoms in total. The molecule has 0 heterocycles. The van der Waals surface area contributed by atoms with E-state index >= 15 is 0 Å². The van der Waals surface area contributed by atoms with Gasteiger partial charge in [0.2, 0.25) is 0 Å². The number of ether oxygens (including phenoxy) is 1. The minimum atomic E-state index is -0.397. The first-order chi connectivity index (χ1) is 6.94. The van der Waals surface area contributed by atoms with E-state index in [1.165, 1.54) is 6.42 Å². The van der Waals surface area contributed by atoms with Crippen molar-refractivity contribution in [2.75, 3.05) is 11.9 Å². The predicted molar refractivity (Wildman–Crippen MR) is 64.4 cm³/mol. The number of nitrogens with zero attached hydrogens (tertiary/aromatic N) is 1. The van der Waals surface area contributed by atoms with Crippen molar-refractivity contribution in [3.8, 4) is 0 Å². The van der Waals surface area contributed by atoms with Crippen LogP contribution >= 0.6 is 15.9 Å². The number of carbonyl (C=O) groups is 1. The zero-order valence-electron chi connectivity index (χ0n) is 9.75. The maximum absolute atomic E-state index is 11.9. The summed E-state index contributed by atoms with van der Waals surface area (Å²) in [5.41, 5.74) is -0.397. The molecule has 88 valence electrons. The summed E-state index contributed by atoms with van der Waals surface area (Å²) in [6, 6.07) is 0.400. The Hall–Kier alpha value is -0.250. The predicted octanol–water partition coefficient (Wildman–Crippen LogP) is 3.17. The molecule has 1 rings (SSSR count). The summed E-state index contributed by atoms with van der Waals surface area (Å²) in [7, 11) is 0. The normalized spacial score (nSPS) is 17.1. The van der Waals surface area contributed by atoms with E-state index in [0.29, 0.717) is 6.04 Å². The van der Waals surface area contributed by atoms with E-state index in [4.69, 9.17) is 4.74 Å². The zero-order valence-corrected chi connectivity index (χ0v) is 11.3. The van der Waals surface area contributed by atoms with Crippen molar-refractivity contribution >= 4 is 22.0 Å². The third kappa shape index (κ3) is 4.01. The van der Waals surface area contributed by atoms with Crippen molar-refractivity contribution in [2.45, 2.75) is 51.7 Å². The number of hydrogen-bond donors (Lipinski definition) is 0. The van der Waals surface area contributed by atoms with Crippen molar-refractivity contribution in [2.24, 2.45) is 0 Å². The van der Waals surface area contributed by atoms with Gasteiger partial charge in [0.15, 0.2) is 0 Å². The van der Waals surface area contributed by atoms with Crippen LogP contribution in [-0.2, 0) is 4.74 Å². The van der Waals surface area contributed by atoms with E-state index in [9.17, 15) is 4.79 Å². The van der Waals surface area contributed by atoms with Gasteiger partial charge in [0, 0.05) is 17.9 Å². The summed E-state index contributed by atoms with van der Waals surface area (Å²) in [5, 5.41) is 0.808. The summed E-state index contributed by atoms with van der Waals surface area (Å²) in [6.07, 6.45) is 3.29. The quantitative estimate of drug-likeness (QED) is 0.742. The van der Waals surface area contributed by atoms with E-state index in [1.807, 2.05) is 25.7 Å². The minimum absolute atomic E-state index is 0.174. The summed E-state index contributed by atoms with van der Waals surface area (Å²) >= 11 is 3.37. The van der Waals surface area contributed by atoms with E-state index in [2.05, 4.69) is 15.9 Å². The van der Waals surface area contributed by atoms with Crippen molar-refractivity contribution in [3.63, 3.8) is 0 Å². The summed E-state index contributed by atoms with van der Waals surface area (Å²) in [6.45, 7) is 6.44. The number of halogens is 1. The van der Waals surface area contributed by atoms with Crippen LogP contribution in [0.1, 0.15) is 40.0 Å². The van der Waals surface area contributed by atoms with Crippen LogP contribution < -0.4 is 0 Å². The molecule has 0 N–H and O–H groups in total. The topological polar surface area (TPSA) is 29.5 Å². The summed E-state index contributed by atoms with van der Waals surface area (Å²) in [5.74, 6) is 0. The fraction of sp³-hybridized carbons (Fsp3) is 0.909. The molecule has 1 amide bonds. The highest BCUT2D eigenvalue weighted by molar-refractivity contribution is 9.09. The van der Waals surface area contributed by atoms with Crippen LogP contribution in [0.25, 0.3) is 0 Å². The average molecular weight is 278 g/mol. The maximum atomic E-state index is 11.9. The van der Waals surface area contributed by atoms with E-state index in [0.717, 1.165) is 24.7 Å². The Bertz CT molecular complexity index is 221. The van der Waals surface area contributed by atoms with Gasteiger partial charge in [-0.15, -0.1) is 0 Å². The molecule has 0 spiro atoms. The number of hydrogen-bond acceptors (Lipinski definition) is 2. The molecule has 0 aromatic rings. The molecule has 0 aliphatic heterocycles. The lowest BCUT2D eigenvalue weighted by atomic mass is 9.92. The first-order valence-corrected chi connectivity index (χ1v) is 6.62. The fourth-order valence-electron chi connectivity index (χ4n) is 1.53. The van der Waals surface area contributed by atoms with Gasteiger partial charge in [0.1, 0.15) is 5.60 Å². The molecule has 0 atom stereocenters. The van der Waals surface area contributed by atoms with Crippen LogP contribution in [-0.4, -0.2) is 34.5 Å². The second kappa shape index (κ2) is 5.19. The van der Waals surface area contributed by atoms with Gasteiger partial charge in [-0.2, -0.15) is 0 Å². The van der Waals surface area contributed by atoms with Crippen molar-refractivity contribution in [1.82, 2.24) is 4.90 Å². The molecule has 4 heteroatoms. The Balaban J connectivity index is 2.50. The molecule has 15 heavy (non-hydrogen) atoms. The van der Waals surface area contributed by atoms with Gasteiger partial charge in [0.05, 0.1) is 0 Å². The van der Waals surface area contributed by atoms with Crippen LogP contribution in [0.15, 0.2) is 0 Å². The molecular weight excluding hydrogens is 258 g/mol.